The van der Waals surface area contributed by atoms with E-state index in [1.54, 1.807) is 31.2 Å². The van der Waals surface area contributed by atoms with Gasteiger partial charge in [0.2, 0.25) is 5.88 Å². The minimum absolute atomic E-state index is 0.193. The van der Waals surface area contributed by atoms with Gasteiger partial charge in [0.05, 0.1) is 0 Å². The third-order valence-corrected chi connectivity index (χ3v) is 2.82. The fraction of sp³-hybridized carbons (Fsp3) is 0.154. The monoisotopic (exact) mass is 256 g/mol. The van der Waals surface area contributed by atoms with Crippen molar-refractivity contribution >= 4 is 5.78 Å². The normalized spacial score (nSPS) is 10.8. The van der Waals surface area contributed by atoms with E-state index < -0.39 is 0 Å². The van der Waals surface area contributed by atoms with Gasteiger partial charge in [0, 0.05) is 17.3 Å². The molecule has 0 fully saturated rings. The molecule has 6 nitrogen and oxygen atoms in total. The molecule has 0 amide bonds. The summed E-state index contributed by atoms with van der Waals surface area (Å²) in [6, 6.07) is 6.90. The number of aryl methyl sites for hydroxylation is 1. The molecule has 6 heteroatoms. The number of hydrogen-bond acceptors (Lipinski definition) is 5. The molecule has 0 aliphatic rings. The Morgan fingerprint density at radius 3 is 2.95 bits per heavy atom. The van der Waals surface area contributed by atoms with Crippen molar-refractivity contribution in [3.05, 3.63) is 41.9 Å². The fourth-order valence-corrected chi connectivity index (χ4v) is 1.80. The van der Waals surface area contributed by atoms with E-state index in [1.165, 1.54) is 10.8 Å². The van der Waals surface area contributed by atoms with E-state index in [4.69, 9.17) is 4.74 Å². The molecule has 2 heterocycles. The second-order valence-corrected chi connectivity index (χ2v) is 4.21. The Balaban J connectivity index is 2.10. The van der Waals surface area contributed by atoms with Crippen LogP contribution in [0.1, 0.15) is 11.3 Å². The first-order chi connectivity index (χ1) is 9.15. The maximum absolute atomic E-state index is 9.68. The Kier molecular flexibility index (Phi) is 2.56. The van der Waals surface area contributed by atoms with Crippen molar-refractivity contribution in [1.82, 2.24) is 19.6 Å². The highest BCUT2D eigenvalue weighted by Gasteiger charge is 2.10. The molecule has 3 rings (SSSR count). The van der Waals surface area contributed by atoms with Gasteiger partial charge < -0.3 is 9.84 Å². The van der Waals surface area contributed by atoms with Gasteiger partial charge in [-0.2, -0.15) is 14.6 Å². The lowest BCUT2D eigenvalue weighted by Gasteiger charge is -2.10. The summed E-state index contributed by atoms with van der Waals surface area (Å²) in [5, 5.41) is 13.7. The summed E-state index contributed by atoms with van der Waals surface area (Å²) in [5.74, 6) is 1.75. The highest BCUT2D eigenvalue weighted by Crippen LogP contribution is 2.30. The van der Waals surface area contributed by atoms with Gasteiger partial charge in [0.15, 0.2) is 0 Å². The van der Waals surface area contributed by atoms with Crippen molar-refractivity contribution < 1.29 is 9.84 Å². The molecule has 19 heavy (non-hydrogen) atoms. The molecule has 0 unspecified atom stereocenters. The summed E-state index contributed by atoms with van der Waals surface area (Å²) >= 11 is 0. The molecule has 0 saturated heterocycles. The summed E-state index contributed by atoms with van der Waals surface area (Å²) in [6.45, 7) is 3.65. The number of phenols is 1. The molecule has 0 atom stereocenters. The lowest BCUT2D eigenvalue weighted by molar-refractivity contribution is 0.428. The van der Waals surface area contributed by atoms with Crippen LogP contribution in [0, 0.1) is 13.8 Å². The van der Waals surface area contributed by atoms with Crippen LogP contribution in [0.3, 0.4) is 0 Å². The van der Waals surface area contributed by atoms with Crippen LogP contribution in [-0.4, -0.2) is 24.7 Å². The predicted molar refractivity (Wildman–Crippen MR) is 68.4 cm³/mol. The number of rotatable bonds is 2. The first-order valence-corrected chi connectivity index (χ1v) is 5.79. The fourth-order valence-electron chi connectivity index (χ4n) is 1.80. The first-order valence-electron chi connectivity index (χ1n) is 5.79. The highest BCUT2D eigenvalue weighted by molar-refractivity contribution is 5.45. The van der Waals surface area contributed by atoms with Crippen LogP contribution in [0.4, 0.5) is 0 Å². The lowest BCUT2D eigenvalue weighted by atomic mass is 10.2. The molecule has 96 valence electrons. The zero-order valence-electron chi connectivity index (χ0n) is 10.5. The van der Waals surface area contributed by atoms with Gasteiger partial charge >= 0.3 is 0 Å². The molecule has 0 aliphatic carbocycles. The van der Waals surface area contributed by atoms with Gasteiger partial charge in [-0.1, -0.05) is 6.07 Å². The Morgan fingerprint density at radius 1 is 1.26 bits per heavy atom. The van der Waals surface area contributed by atoms with Crippen molar-refractivity contribution in [2.24, 2.45) is 0 Å². The van der Waals surface area contributed by atoms with E-state index in [0.717, 1.165) is 5.69 Å². The Bertz CT molecular complexity index is 751. The summed E-state index contributed by atoms with van der Waals surface area (Å²) in [4.78, 5) is 8.27. The average molecular weight is 256 g/mol. The average Bonchev–Trinajstić information content (AvgIpc) is 2.83. The van der Waals surface area contributed by atoms with E-state index in [9.17, 15) is 5.11 Å². The third kappa shape index (κ3) is 1.97. The number of aromatic hydroxyl groups is 1. The second kappa shape index (κ2) is 4.24. The Morgan fingerprint density at radius 2 is 2.11 bits per heavy atom. The molecule has 1 aromatic carbocycles. The molecular formula is C13H12N4O2. The largest absolute Gasteiger partial charge is 0.508 e. The Labute approximate surface area is 109 Å². The van der Waals surface area contributed by atoms with Crippen molar-refractivity contribution in [2.45, 2.75) is 13.8 Å². The van der Waals surface area contributed by atoms with Gasteiger partial charge in [-0.25, -0.2) is 4.98 Å². The molecule has 0 spiro atoms. The highest BCUT2D eigenvalue weighted by atomic mass is 16.5. The number of aromatic nitrogens is 4. The summed E-state index contributed by atoms with van der Waals surface area (Å²) < 4.78 is 7.31. The molecule has 3 aromatic rings. The maximum atomic E-state index is 9.68. The minimum Gasteiger partial charge on any atom is -0.508 e. The van der Waals surface area contributed by atoms with Gasteiger partial charge in [0.25, 0.3) is 5.78 Å². The van der Waals surface area contributed by atoms with Gasteiger partial charge in [-0.15, -0.1) is 0 Å². The maximum Gasteiger partial charge on any atom is 0.255 e. The number of fused-ring (bicyclic) bond motifs is 1. The summed E-state index contributed by atoms with van der Waals surface area (Å²) in [7, 11) is 0. The van der Waals surface area contributed by atoms with E-state index in [-0.39, 0.29) is 5.75 Å². The first kappa shape index (κ1) is 11.5. The van der Waals surface area contributed by atoms with Crippen molar-refractivity contribution in [1.29, 1.82) is 0 Å². The number of phenolic OH excluding ortho intramolecular Hbond substituents is 1. The van der Waals surface area contributed by atoms with Crippen LogP contribution in [-0.2, 0) is 0 Å². The van der Waals surface area contributed by atoms with Gasteiger partial charge in [-0.3, -0.25) is 0 Å². The number of hydrogen-bond donors (Lipinski definition) is 1. The van der Waals surface area contributed by atoms with Crippen molar-refractivity contribution in [2.75, 3.05) is 0 Å². The second-order valence-electron chi connectivity index (χ2n) is 4.21. The molecule has 2 aromatic heterocycles. The van der Waals surface area contributed by atoms with Crippen LogP contribution in [0.25, 0.3) is 5.78 Å². The number of ether oxygens (including phenoxy) is 1. The molecule has 0 radical (unpaired) electrons. The number of nitrogens with zero attached hydrogens (tertiary/aromatic N) is 4. The van der Waals surface area contributed by atoms with Crippen molar-refractivity contribution in [3.63, 3.8) is 0 Å². The molecule has 0 aliphatic heterocycles. The van der Waals surface area contributed by atoms with Crippen LogP contribution >= 0.6 is 0 Å². The van der Waals surface area contributed by atoms with Gasteiger partial charge in [-0.05, 0) is 26.0 Å². The van der Waals surface area contributed by atoms with Crippen molar-refractivity contribution in [3.8, 4) is 17.4 Å². The van der Waals surface area contributed by atoms with E-state index >= 15 is 0 Å². The molecule has 0 saturated carbocycles. The standard InChI is InChI=1S/C13H12N4O2/c1-8-6-12(17-13(16-8)14-7-15-17)19-11-5-3-4-10(18)9(11)2/h3-7,18H,1-2H3. The Hall–Kier alpha value is -2.63. The zero-order chi connectivity index (χ0) is 13.4. The van der Waals surface area contributed by atoms with Gasteiger partial charge in [0.1, 0.15) is 17.8 Å². The SMILES string of the molecule is Cc1cc(Oc2cccc(O)c2C)n2ncnc2n1. The van der Waals surface area contributed by atoms with E-state index in [1.807, 2.05) is 6.92 Å². The zero-order valence-corrected chi connectivity index (χ0v) is 10.5. The summed E-state index contributed by atoms with van der Waals surface area (Å²) in [5.41, 5.74) is 1.46. The number of benzene rings is 1. The van der Waals surface area contributed by atoms with E-state index in [0.29, 0.717) is 23.0 Å². The van der Waals surface area contributed by atoms with Crippen LogP contribution < -0.4 is 4.74 Å². The summed E-state index contributed by atoms with van der Waals surface area (Å²) in [6.07, 6.45) is 1.42. The van der Waals surface area contributed by atoms with Crippen LogP contribution in [0.5, 0.6) is 17.4 Å². The molecular weight excluding hydrogens is 244 g/mol. The molecule has 1 N–H and O–H groups in total. The lowest BCUT2D eigenvalue weighted by Crippen LogP contribution is -2.00. The minimum atomic E-state index is 0.193. The smallest absolute Gasteiger partial charge is 0.255 e. The quantitative estimate of drug-likeness (QED) is 0.761. The topological polar surface area (TPSA) is 72.5 Å². The van der Waals surface area contributed by atoms with Crippen LogP contribution in [0.2, 0.25) is 0 Å². The van der Waals surface area contributed by atoms with E-state index in [2.05, 4.69) is 15.1 Å². The third-order valence-electron chi connectivity index (χ3n) is 2.82. The van der Waals surface area contributed by atoms with Crippen LogP contribution in [0.15, 0.2) is 30.6 Å². The predicted octanol–water partition coefficient (Wildman–Crippen LogP) is 2.24. The molecule has 0 bridgehead atoms.